The summed E-state index contributed by atoms with van der Waals surface area (Å²) in [4.78, 5) is 0. The van der Waals surface area contributed by atoms with E-state index in [1.54, 1.807) is 6.08 Å². The van der Waals surface area contributed by atoms with Crippen molar-refractivity contribution in [2.45, 2.75) is 0 Å². The molecule has 2 N–H and O–H groups in total. The van der Waals surface area contributed by atoms with Gasteiger partial charge in [0.15, 0.2) is 0 Å². The van der Waals surface area contributed by atoms with Gasteiger partial charge in [-0.1, -0.05) is 103 Å². The van der Waals surface area contributed by atoms with Crippen LogP contribution >= 0.6 is 0 Å². The van der Waals surface area contributed by atoms with Crippen LogP contribution in [0.2, 0.25) is 0 Å². The molecule has 2 nitrogen and oxygen atoms in total. The normalized spacial score (nSPS) is 13.9. The van der Waals surface area contributed by atoms with Crippen LogP contribution in [-0.2, 0) is 0 Å². The van der Waals surface area contributed by atoms with Gasteiger partial charge in [0.25, 0.3) is 0 Å². The predicted octanol–water partition coefficient (Wildman–Crippen LogP) is 10.6. The van der Waals surface area contributed by atoms with Crippen molar-refractivity contribution in [3.8, 4) is 33.4 Å². The second kappa shape index (κ2) is 8.45. The molecule has 0 aromatic heterocycles. The monoisotopic (exact) mass is 532 g/mol. The number of hydrogen-bond donors (Lipinski definition) is 2. The summed E-state index contributed by atoms with van der Waals surface area (Å²) < 4.78 is 0. The Bertz CT molecular complexity index is 2420. The summed E-state index contributed by atoms with van der Waals surface area (Å²) in [6, 6.07) is 41.9. The van der Waals surface area contributed by atoms with E-state index < -0.39 is 0 Å². The van der Waals surface area contributed by atoms with E-state index in [0.29, 0.717) is 0 Å². The highest BCUT2D eigenvalue weighted by molar-refractivity contribution is 6.60. The van der Waals surface area contributed by atoms with E-state index in [-0.39, 0.29) is 11.4 Å². The van der Waals surface area contributed by atoms with Crippen LogP contribution in [0, 0.1) is 10.8 Å². The van der Waals surface area contributed by atoms with Crippen LogP contribution in [-0.4, -0.2) is 11.4 Å². The molecule has 2 aliphatic carbocycles. The minimum absolute atomic E-state index is 0.243. The van der Waals surface area contributed by atoms with E-state index in [2.05, 4.69) is 115 Å². The quantitative estimate of drug-likeness (QED) is 0.126. The van der Waals surface area contributed by atoms with E-state index >= 15 is 0 Å². The maximum absolute atomic E-state index is 8.63. The van der Waals surface area contributed by atoms with Gasteiger partial charge in [-0.15, -0.1) is 0 Å². The number of allylic oxidation sites excluding steroid dienone is 4. The third-order valence-corrected chi connectivity index (χ3v) is 9.00. The Kier molecular flexibility index (Phi) is 4.66. The fourth-order valence-corrected chi connectivity index (χ4v) is 7.17. The third-order valence-electron chi connectivity index (χ3n) is 9.00. The van der Waals surface area contributed by atoms with Gasteiger partial charge in [-0.2, -0.15) is 0 Å². The fourth-order valence-electron chi connectivity index (χ4n) is 7.17. The molecule has 0 fully saturated rings. The Balaban J connectivity index is 1.43. The van der Waals surface area contributed by atoms with Crippen LogP contribution < -0.4 is 0 Å². The summed E-state index contributed by atoms with van der Waals surface area (Å²) in [6.45, 7) is 0. The molecule has 7 aromatic carbocycles. The summed E-state index contributed by atoms with van der Waals surface area (Å²) in [5, 5.41) is 26.7. The molecular weight excluding hydrogens is 508 g/mol. The van der Waals surface area contributed by atoms with Crippen molar-refractivity contribution in [2.24, 2.45) is 0 Å². The molecule has 0 aliphatic heterocycles. The fraction of sp³-hybridized carbons (Fsp3) is 0. The van der Waals surface area contributed by atoms with Gasteiger partial charge in [0.2, 0.25) is 0 Å². The topological polar surface area (TPSA) is 47.7 Å². The van der Waals surface area contributed by atoms with E-state index in [4.69, 9.17) is 10.8 Å². The molecule has 0 radical (unpaired) electrons. The maximum atomic E-state index is 8.63. The molecule has 2 heteroatoms. The first kappa shape index (κ1) is 23.1. The average Bonchev–Trinajstić information content (AvgIpc) is 3.34. The summed E-state index contributed by atoms with van der Waals surface area (Å²) in [5.41, 5.74) is 9.91. The van der Waals surface area contributed by atoms with Gasteiger partial charge < -0.3 is 0 Å². The number of hydrogen-bond acceptors (Lipinski definition) is 2. The Labute approximate surface area is 242 Å². The largest absolute Gasteiger partial charge is 0.299 e. The van der Waals surface area contributed by atoms with Crippen molar-refractivity contribution in [1.82, 2.24) is 0 Å². The zero-order valence-electron chi connectivity index (χ0n) is 22.7. The van der Waals surface area contributed by atoms with Crippen LogP contribution in [0.1, 0.15) is 5.56 Å². The van der Waals surface area contributed by atoms with Gasteiger partial charge in [-0.25, -0.2) is 0 Å². The van der Waals surface area contributed by atoms with Gasteiger partial charge in [-0.05, 0) is 112 Å². The lowest BCUT2D eigenvalue weighted by Crippen LogP contribution is -2.14. The van der Waals surface area contributed by atoms with Crippen LogP contribution in [0.5, 0.6) is 0 Å². The Hall–Kier alpha value is -5.60. The molecule has 0 bridgehead atoms. The van der Waals surface area contributed by atoms with Gasteiger partial charge in [0, 0.05) is 5.57 Å². The van der Waals surface area contributed by atoms with Crippen molar-refractivity contribution in [3.63, 3.8) is 0 Å². The average molecular weight is 533 g/mol. The summed E-state index contributed by atoms with van der Waals surface area (Å²) in [5.74, 6) is 0. The first-order chi connectivity index (χ1) is 20.7. The molecule has 42 heavy (non-hydrogen) atoms. The molecule has 0 saturated carbocycles. The molecule has 0 amide bonds. The molecule has 0 spiro atoms. The van der Waals surface area contributed by atoms with Crippen molar-refractivity contribution in [2.75, 3.05) is 0 Å². The number of benzene rings is 7. The predicted molar refractivity (Wildman–Crippen MR) is 179 cm³/mol. The van der Waals surface area contributed by atoms with Crippen molar-refractivity contribution < 1.29 is 0 Å². The lowest BCUT2D eigenvalue weighted by atomic mass is 9.85. The number of nitrogens with one attached hydrogen (secondary N) is 2. The van der Waals surface area contributed by atoms with E-state index in [9.17, 15) is 0 Å². The first-order valence-electron chi connectivity index (χ1n) is 14.3. The molecule has 0 heterocycles. The second-order valence-electron chi connectivity index (χ2n) is 11.2. The lowest BCUT2D eigenvalue weighted by Gasteiger charge is -2.18. The van der Waals surface area contributed by atoms with Crippen LogP contribution in [0.25, 0.3) is 82.0 Å². The first-order valence-corrected chi connectivity index (χ1v) is 14.3. The summed E-state index contributed by atoms with van der Waals surface area (Å²) in [7, 11) is 0. The smallest absolute Gasteiger partial charge is 0.0867 e. The Morgan fingerprint density at radius 2 is 1.14 bits per heavy atom. The SMILES string of the molecule is N=C1C=CC=C(c2cccc3cc4c(-c5ccccc5)c5c(cc4cc23)-c2cccc3c2c-5cc2ccccc23)C1=N. The van der Waals surface area contributed by atoms with Crippen LogP contribution in [0.4, 0.5) is 0 Å². The van der Waals surface area contributed by atoms with Gasteiger partial charge in [0.05, 0.1) is 11.4 Å². The molecule has 0 saturated heterocycles. The van der Waals surface area contributed by atoms with Crippen molar-refractivity contribution in [1.29, 1.82) is 10.8 Å². The second-order valence-corrected chi connectivity index (χ2v) is 11.2. The highest BCUT2D eigenvalue weighted by Crippen LogP contribution is 2.55. The zero-order chi connectivity index (χ0) is 27.9. The molecule has 0 atom stereocenters. The summed E-state index contributed by atoms with van der Waals surface area (Å²) >= 11 is 0. The van der Waals surface area contributed by atoms with Gasteiger partial charge in [0.1, 0.15) is 0 Å². The van der Waals surface area contributed by atoms with Gasteiger partial charge in [-0.3, -0.25) is 10.8 Å². The molecule has 2 aliphatic rings. The number of rotatable bonds is 2. The van der Waals surface area contributed by atoms with E-state index in [1.807, 2.05) is 12.2 Å². The molecule has 0 unspecified atom stereocenters. The minimum atomic E-state index is 0.243. The van der Waals surface area contributed by atoms with E-state index in [1.165, 1.54) is 65.7 Å². The third kappa shape index (κ3) is 3.09. The van der Waals surface area contributed by atoms with E-state index in [0.717, 1.165) is 21.9 Å². The molecule has 7 aromatic rings. The maximum Gasteiger partial charge on any atom is 0.0867 e. The highest BCUT2D eigenvalue weighted by Gasteiger charge is 2.28. The van der Waals surface area contributed by atoms with Crippen LogP contribution in [0.3, 0.4) is 0 Å². The Morgan fingerprint density at radius 1 is 0.452 bits per heavy atom. The Morgan fingerprint density at radius 3 is 2.05 bits per heavy atom. The number of fused-ring (bicyclic) bond motifs is 7. The standard InChI is InChI=1S/C40H24N2/c41-36-18-8-17-31(40(36)42)28-14-6-12-25-19-33-26(21-32(25)28)22-34-30-16-7-15-29-27-13-5-4-11-24(27)20-35(38(29)30)39(34)37(33)23-9-2-1-3-10-23/h1-22,41-42H. The van der Waals surface area contributed by atoms with Gasteiger partial charge >= 0.3 is 0 Å². The van der Waals surface area contributed by atoms with Crippen molar-refractivity contribution >= 4 is 60.1 Å². The molecular formula is C40H24N2. The lowest BCUT2D eigenvalue weighted by molar-refractivity contribution is 1.49. The molecule has 9 rings (SSSR count). The highest BCUT2D eigenvalue weighted by atomic mass is 14.5. The van der Waals surface area contributed by atoms with Crippen molar-refractivity contribution in [3.05, 3.63) is 139 Å². The zero-order valence-corrected chi connectivity index (χ0v) is 22.7. The minimum Gasteiger partial charge on any atom is -0.299 e. The van der Waals surface area contributed by atoms with Crippen LogP contribution in [0.15, 0.2) is 133 Å². The summed E-state index contributed by atoms with van der Waals surface area (Å²) in [6.07, 6.45) is 5.51. The molecule has 194 valence electrons.